The molecule has 20 heavy (non-hydrogen) atoms. The molecule has 0 bridgehead atoms. The standard InChI is InChI=1S/C14H18FN3O2/c1-8(9(2)16-3)14-17-13(18-20-14)10-5-6-11(15)12(7-10)19-4/h5-9,16H,1-4H3. The van der Waals surface area contributed by atoms with Gasteiger partial charge in [-0.25, -0.2) is 4.39 Å². The Labute approximate surface area is 117 Å². The van der Waals surface area contributed by atoms with Crippen molar-refractivity contribution < 1.29 is 13.7 Å². The quantitative estimate of drug-likeness (QED) is 0.911. The Morgan fingerprint density at radius 3 is 2.75 bits per heavy atom. The van der Waals surface area contributed by atoms with Crippen LogP contribution < -0.4 is 10.1 Å². The van der Waals surface area contributed by atoms with Gasteiger partial charge in [0, 0.05) is 11.6 Å². The zero-order chi connectivity index (χ0) is 14.7. The SMILES string of the molecule is CNC(C)C(C)c1nc(-c2ccc(F)c(OC)c2)no1. The summed E-state index contributed by atoms with van der Waals surface area (Å²) in [6.45, 7) is 4.04. The number of hydrogen-bond acceptors (Lipinski definition) is 5. The van der Waals surface area contributed by atoms with Crippen LogP contribution in [0.25, 0.3) is 11.4 Å². The minimum Gasteiger partial charge on any atom is -0.494 e. The highest BCUT2D eigenvalue weighted by Crippen LogP contribution is 2.26. The van der Waals surface area contributed by atoms with Crippen LogP contribution in [0.1, 0.15) is 25.7 Å². The lowest BCUT2D eigenvalue weighted by Gasteiger charge is -2.14. The predicted molar refractivity (Wildman–Crippen MR) is 73.2 cm³/mol. The molecular formula is C14H18FN3O2. The molecule has 2 aromatic rings. The molecule has 0 saturated heterocycles. The Morgan fingerprint density at radius 1 is 1.35 bits per heavy atom. The number of halogens is 1. The molecule has 5 nitrogen and oxygen atoms in total. The van der Waals surface area contributed by atoms with E-state index in [1.54, 1.807) is 12.1 Å². The van der Waals surface area contributed by atoms with E-state index in [0.717, 1.165) is 0 Å². The Balaban J connectivity index is 2.29. The Morgan fingerprint density at radius 2 is 2.10 bits per heavy atom. The fourth-order valence-electron chi connectivity index (χ4n) is 1.80. The summed E-state index contributed by atoms with van der Waals surface area (Å²) in [6.07, 6.45) is 0. The maximum absolute atomic E-state index is 13.4. The summed E-state index contributed by atoms with van der Waals surface area (Å²) in [5, 5.41) is 7.08. The smallest absolute Gasteiger partial charge is 0.231 e. The molecule has 0 spiro atoms. The average Bonchev–Trinajstić information content (AvgIpc) is 2.95. The van der Waals surface area contributed by atoms with Crippen LogP contribution in [0.5, 0.6) is 5.75 Å². The van der Waals surface area contributed by atoms with Gasteiger partial charge in [-0.05, 0) is 32.2 Å². The van der Waals surface area contributed by atoms with Crippen LogP contribution in [0.4, 0.5) is 4.39 Å². The summed E-state index contributed by atoms with van der Waals surface area (Å²) in [7, 11) is 3.30. The molecule has 0 fully saturated rings. The molecule has 1 aromatic heterocycles. The van der Waals surface area contributed by atoms with Crippen molar-refractivity contribution in [3.8, 4) is 17.1 Å². The van der Waals surface area contributed by atoms with Gasteiger partial charge in [0.1, 0.15) is 0 Å². The fraction of sp³-hybridized carbons (Fsp3) is 0.429. The van der Waals surface area contributed by atoms with Gasteiger partial charge in [-0.3, -0.25) is 0 Å². The number of hydrogen-bond donors (Lipinski definition) is 1. The van der Waals surface area contributed by atoms with E-state index in [2.05, 4.69) is 15.5 Å². The lowest BCUT2D eigenvalue weighted by atomic mass is 10.0. The topological polar surface area (TPSA) is 60.2 Å². The molecule has 1 N–H and O–H groups in total. The largest absolute Gasteiger partial charge is 0.494 e. The number of nitrogens with zero attached hydrogens (tertiary/aromatic N) is 2. The van der Waals surface area contributed by atoms with Crippen LogP contribution >= 0.6 is 0 Å². The molecule has 0 aliphatic carbocycles. The molecule has 0 aliphatic heterocycles. The summed E-state index contributed by atoms with van der Waals surface area (Å²) in [5.74, 6) is 0.796. The number of nitrogens with one attached hydrogen (secondary N) is 1. The molecule has 2 unspecified atom stereocenters. The van der Waals surface area contributed by atoms with Crippen LogP contribution in [0.2, 0.25) is 0 Å². The summed E-state index contributed by atoms with van der Waals surface area (Å²) in [6, 6.07) is 4.68. The first kappa shape index (κ1) is 14.5. The minimum absolute atomic E-state index is 0.0867. The van der Waals surface area contributed by atoms with Gasteiger partial charge in [0.15, 0.2) is 11.6 Å². The summed E-state index contributed by atoms with van der Waals surface area (Å²) in [4.78, 5) is 4.36. The normalized spacial score (nSPS) is 14.1. The van der Waals surface area contributed by atoms with Crippen LogP contribution in [-0.4, -0.2) is 30.3 Å². The van der Waals surface area contributed by atoms with Gasteiger partial charge in [0.25, 0.3) is 0 Å². The molecule has 0 saturated carbocycles. The zero-order valence-corrected chi connectivity index (χ0v) is 12.0. The van der Waals surface area contributed by atoms with E-state index in [9.17, 15) is 4.39 Å². The third-order valence-electron chi connectivity index (χ3n) is 3.45. The van der Waals surface area contributed by atoms with Crippen molar-refractivity contribution in [2.24, 2.45) is 0 Å². The molecule has 0 aliphatic rings. The first-order chi connectivity index (χ1) is 9.56. The van der Waals surface area contributed by atoms with Gasteiger partial charge in [-0.1, -0.05) is 12.1 Å². The highest BCUT2D eigenvalue weighted by molar-refractivity contribution is 5.57. The van der Waals surface area contributed by atoms with Crippen molar-refractivity contribution in [2.75, 3.05) is 14.2 Å². The van der Waals surface area contributed by atoms with E-state index >= 15 is 0 Å². The summed E-state index contributed by atoms with van der Waals surface area (Å²) < 4.78 is 23.6. The molecule has 2 rings (SSSR count). The minimum atomic E-state index is -0.419. The summed E-state index contributed by atoms with van der Waals surface area (Å²) >= 11 is 0. The molecule has 2 atom stereocenters. The second-order valence-corrected chi connectivity index (χ2v) is 4.67. The van der Waals surface area contributed by atoms with Gasteiger partial charge < -0.3 is 14.6 Å². The van der Waals surface area contributed by atoms with Gasteiger partial charge in [-0.2, -0.15) is 4.98 Å². The number of rotatable bonds is 5. The second-order valence-electron chi connectivity index (χ2n) is 4.67. The Kier molecular flexibility index (Phi) is 4.34. The molecule has 0 radical (unpaired) electrons. The zero-order valence-electron chi connectivity index (χ0n) is 12.0. The molecule has 1 heterocycles. The van der Waals surface area contributed by atoms with Gasteiger partial charge >= 0.3 is 0 Å². The van der Waals surface area contributed by atoms with Gasteiger partial charge in [-0.15, -0.1) is 0 Å². The number of methoxy groups -OCH3 is 1. The first-order valence-electron chi connectivity index (χ1n) is 6.41. The monoisotopic (exact) mass is 279 g/mol. The average molecular weight is 279 g/mol. The number of aromatic nitrogens is 2. The van der Waals surface area contributed by atoms with E-state index in [1.165, 1.54) is 13.2 Å². The molecule has 108 valence electrons. The van der Waals surface area contributed by atoms with Crippen LogP contribution in [0.15, 0.2) is 22.7 Å². The lowest BCUT2D eigenvalue weighted by molar-refractivity contribution is 0.336. The van der Waals surface area contributed by atoms with E-state index in [0.29, 0.717) is 17.3 Å². The van der Waals surface area contributed by atoms with Crippen LogP contribution in [-0.2, 0) is 0 Å². The van der Waals surface area contributed by atoms with Crippen LogP contribution in [0, 0.1) is 5.82 Å². The number of ether oxygens (including phenoxy) is 1. The van der Waals surface area contributed by atoms with Crippen molar-refractivity contribution in [3.05, 3.63) is 29.9 Å². The predicted octanol–water partition coefficient (Wildman–Crippen LogP) is 2.60. The molecule has 0 amide bonds. The van der Waals surface area contributed by atoms with Gasteiger partial charge in [0.2, 0.25) is 11.7 Å². The van der Waals surface area contributed by atoms with E-state index in [-0.39, 0.29) is 17.7 Å². The fourth-order valence-corrected chi connectivity index (χ4v) is 1.80. The first-order valence-corrected chi connectivity index (χ1v) is 6.41. The van der Waals surface area contributed by atoms with Crippen molar-refractivity contribution >= 4 is 0 Å². The third kappa shape index (κ3) is 2.80. The highest BCUT2D eigenvalue weighted by Gasteiger charge is 2.20. The maximum Gasteiger partial charge on any atom is 0.231 e. The summed E-state index contributed by atoms with van der Waals surface area (Å²) in [5.41, 5.74) is 0.655. The van der Waals surface area contributed by atoms with E-state index in [4.69, 9.17) is 9.26 Å². The van der Waals surface area contributed by atoms with Crippen molar-refractivity contribution in [1.82, 2.24) is 15.5 Å². The Bertz CT molecular complexity index is 586. The van der Waals surface area contributed by atoms with E-state index in [1.807, 2.05) is 20.9 Å². The van der Waals surface area contributed by atoms with Crippen molar-refractivity contribution in [3.63, 3.8) is 0 Å². The van der Waals surface area contributed by atoms with Crippen molar-refractivity contribution in [2.45, 2.75) is 25.8 Å². The lowest BCUT2D eigenvalue weighted by Crippen LogP contribution is -2.27. The van der Waals surface area contributed by atoms with Gasteiger partial charge in [0.05, 0.1) is 13.0 Å². The van der Waals surface area contributed by atoms with Crippen LogP contribution in [0.3, 0.4) is 0 Å². The number of benzene rings is 1. The van der Waals surface area contributed by atoms with Crippen molar-refractivity contribution in [1.29, 1.82) is 0 Å². The highest BCUT2D eigenvalue weighted by atomic mass is 19.1. The maximum atomic E-state index is 13.4. The Hall–Kier alpha value is -1.95. The second kappa shape index (κ2) is 6.00. The molecule has 6 heteroatoms. The van der Waals surface area contributed by atoms with E-state index < -0.39 is 5.82 Å². The molecule has 1 aromatic carbocycles. The third-order valence-corrected chi connectivity index (χ3v) is 3.45. The molecular weight excluding hydrogens is 261 g/mol. The number of likely N-dealkylation sites (N-methyl/N-ethyl adjacent to an activating group) is 1.